The molecule has 3 aromatic carbocycles. The lowest BCUT2D eigenvalue weighted by molar-refractivity contribution is 0.0472. The van der Waals surface area contributed by atoms with Crippen LogP contribution < -0.4 is 9.64 Å². The number of imide groups is 1. The van der Waals surface area contributed by atoms with Crippen molar-refractivity contribution in [3.8, 4) is 11.8 Å². The molecule has 0 fully saturated rings. The highest BCUT2D eigenvalue weighted by Crippen LogP contribution is 2.30. The normalized spacial score (nSPS) is 12.3. The number of ether oxygens (including phenoxy) is 2. The molecule has 0 aromatic heterocycles. The van der Waals surface area contributed by atoms with Crippen molar-refractivity contribution in [2.45, 2.75) is 13.5 Å². The maximum Gasteiger partial charge on any atom is 0.338 e. The summed E-state index contributed by atoms with van der Waals surface area (Å²) in [6.07, 6.45) is 0. The minimum atomic E-state index is -0.652. The first-order valence-corrected chi connectivity index (χ1v) is 9.94. The molecule has 1 heterocycles. The van der Waals surface area contributed by atoms with Crippen LogP contribution in [0.1, 0.15) is 49.1 Å². The van der Waals surface area contributed by atoms with Crippen molar-refractivity contribution in [2.75, 3.05) is 11.5 Å². The van der Waals surface area contributed by atoms with E-state index >= 15 is 0 Å². The van der Waals surface area contributed by atoms with Gasteiger partial charge in [0.2, 0.25) is 0 Å². The largest absolute Gasteiger partial charge is 0.494 e. The highest BCUT2D eigenvalue weighted by atomic mass is 16.5. The Balaban J connectivity index is 1.53. The van der Waals surface area contributed by atoms with Gasteiger partial charge in [-0.05, 0) is 55.5 Å². The van der Waals surface area contributed by atoms with E-state index in [1.165, 1.54) is 18.2 Å². The molecule has 1 aliphatic heterocycles. The Kier molecular flexibility index (Phi) is 5.69. The lowest BCUT2D eigenvalue weighted by atomic mass is 10.1. The number of amides is 2. The van der Waals surface area contributed by atoms with Crippen LogP contribution in [-0.2, 0) is 11.3 Å². The highest BCUT2D eigenvalue weighted by molar-refractivity contribution is 6.34. The van der Waals surface area contributed by atoms with E-state index in [0.29, 0.717) is 29.2 Å². The lowest BCUT2D eigenvalue weighted by Gasteiger charge is -2.14. The molecular formula is C25H18N2O5. The van der Waals surface area contributed by atoms with Gasteiger partial charge in [0.05, 0.1) is 40.6 Å². The van der Waals surface area contributed by atoms with Gasteiger partial charge < -0.3 is 9.47 Å². The summed E-state index contributed by atoms with van der Waals surface area (Å²) >= 11 is 0. The van der Waals surface area contributed by atoms with Crippen LogP contribution in [0.5, 0.6) is 5.75 Å². The summed E-state index contributed by atoms with van der Waals surface area (Å²) in [5, 5.41) is 9.15. The van der Waals surface area contributed by atoms with Crippen LogP contribution in [0.15, 0.2) is 66.7 Å². The SMILES string of the molecule is CCOc1ccc(N2C(=O)c3ccc(C(=O)OCc4ccccc4C#N)cc3C2=O)cc1. The summed E-state index contributed by atoms with van der Waals surface area (Å²) in [6, 6.07) is 19.8. The van der Waals surface area contributed by atoms with Gasteiger partial charge in [0.1, 0.15) is 12.4 Å². The van der Waals surface area contributed by atoms with Crippen LogP contribution in [-0.4, -0.2) is 24.4 Å². The maximum atomic E-state index is 12.9. The van der Waals surface area contributed by atoms with Crippen LogP contribution in [0.2, 0.25) is 0 Å². The fourth-order valence-electron chi connectivity index (χ4n) is 3.44. The van der Waals surface area contributed by atoms with Crippen molar-refractivity contribution in [1.82, 2.24) is 0 Å². The summed E-state index contributed by atoms with van der Waals surface area (Å²) in [5.41, 5.74) is 1.91. The average molecular weight is 426 g/mol. The van der Waals surface area contributed by atoms with Gasteiger partial charge in [0.15, 0.2) is 0 Å². The van der Waals surface area contributed by atoms with E-state index in [-0.39, 0.29) is 23.3 Å². The Hall–Kier alpha value is -4.44. The second-order valence-corrected chi connectivity index (χ2v) is 6.98. The Bertz CT molecular complexity index is 1260. The number of carbonyl (C=O) groups excluding carboxylic acids is 3. The smallest absolute Gasteiger partial charge is 0.338 e. The Morgan fingerprint density at radius 3 is 2.41 bits per heavy atom. The van der Waals surface area contributed by atoms with Gasteiger partial charge in [0.25, 0.3) is 11.8 Å². The Morgan fingerprint density at radius 2 is 1.69 bits per heavy atom. The molecule has 2 amide bonds. The van der Waals surface area contributed by atoms with Gasteiger partial charge in [0, 0.05) is 5.56 Å². The summed E-state index contributed by atoms with van der Waals surface area (Å²) in [4.78, 5) is 39.3. The molecule has 32 heavy (non-hydrogen) atoms. The van der Waals surface area contributed by atoms with Gasteiger partial charge in [-0.3, -0.25) is 9.59 Å². The van der Waals surface area contributed by atoms with E-state index in [4.69, 9.17) is 14.7 Å². The zero-order valence-corrected chi connectivity index (χ0v) is 17.2. The fraction of sp³-hybridized carbons (Fsp3) is 0.120. The van der Waals surface area contributed by atoms with Crippen molar-refractivity contribution >= 4 is 23.5 Å². The van der Waals surface area contributed by atoms with Crippen LogP contribution in [0, 0.1) is 11.3 Å². The summed E-state index contributed by atoms with van der Waals surface area (Å²) in [7, 11) is 0. The summed E-state index contributed by atoms with van der Waals surface area (Å²) < 4.78 is 10.7. The van der Waals surface area contributed by atoms with Gasteiger partial charge in [-0.15, -0.1) is 0 Å². The third kappa shape index (κ3) is 3.82. The van der Waals surface area contributed by atoms with Crippen LogP contribution in [0.4, 0.5) is 5.69 Å². The average Bonchev–Trinajstić information content (AvgIpc) is 3.07. The van der Waals surface area contributed by atoms with E-state index in [0.717, 1.165) is 4.90 Å². The molecule has 1 aliphatic rings. The van der Waals surface area contributed by atoms with Crippen LogP contribution in [0.3, 0.4) is 0 Å². The first-order chi connectivity index (χ1) is 15.5. The molecule has 0 spiro atoms. The van der Waals surface area contributed by atoms with Gasteiger partial charge in [-0.2, -0.15) is 5.26 Å². The first-order valence-electron chi connectivity index (χ1n) is 9.94. The first kappa shape index (κ1) is 20.8. The van der Waals surface area contributed by atoms with E-state index in [1.807, 2.05) is 13.0 Å². The molecule has 7 nitrogen and oxygen atoms in total. The molecule has 0 unspecified atom stereocenters. The third-order valence-electron chi connectivity index (χ3n) is 5.02. The number of fused-ring (bicyclic) bond motifs is 1. The lowest BCUT2D eigenvalue weighted by Crippen LogP contribution is -2.29. The molecule has 0 radical (unpaired) electrons. The highest BCUT2D eigenvalue weighted by Gasteiger charge is 2.37. The number of carbonyl (C=O) groups is 3. The summed E-state index contributed by atoms with van der Waals surface area (Å²) in [5.74, 6) is -0.994. The zero-order valence-electron chi connectivity index (χ0n) is 17.2. The van der Waals surface area contributed by atoms with Crippen LogP contribution >= 0.6 is 0 Å². The third-order valence-corrected chi connectivity index (χ3v) is 5.02. The fourth-order valence-corrected chi connectivity index (χ4v) is 3.44. The van der Waals surface area contributed by atoms with Crippen molar-refractivity contribution < 1.29 is 23.9 Å². The molecule has 0 atom stereocenters. The standard InChI is InChI=1S/C25H18N2O5/c1-2-31-20-10-8-19(9-11-20)27-23(28)21-12-7-16(13-22(21)24(27)29)25(30)32-15-18-6-4-3-5-17(18)14-26/h3-13H,2,15H2,1H3. The minimum Gasteiger partial charge on any atom is -0.494 e. The monoisotopic (exact) mass is 426 g/mol. The van der Waals surface area contributed by atoms with E-state index in [1.54, 1.807) is 48.5 Å². The Labute approximate surface area is 184 Å². The molecule has 0 aliphatic carbocycles. The van der Waals surface area contributed by atoms with Crippen molar-refractivity contribution in [3.63, 3.8) is 0 Å². The van der Waals surface area contributed by atoms with E-state index < -0.39 is 17.8 Å². The molecule has 4 rings (SSSR count). The second-order valence-electron chi connectivity index (χ2n) is 6.98. The number of nitrogens with zero attached hydrogens (tertiary/aromatic N) is 2. The van der Waals surface area contributed by atoms with E-state index in [2.05, 4.69) is 0 Å². The molecule has 158 valence electrons. The molecular weight excluding hydrogens is 408 g/mol. The number of hydrogen-bond donors (Lipinski definition) is 0. The molecule has 0 bridgehead atoms. The zero-order chi connectivity index (χ0) is 22.7. The van der Waals surface area contributed by atoms with Gasteiger partial charge in [-0.25, -0.2) is 9.69 Å². The maximum absolute atomic E-state index is 12.9. The van der Waals surface area contributed by atoms with E-state index in [9.17, 15) is 14.4 Å². The molecule has 0 saturated heterocycles. The molecule has 7 heteroatoms. The predicted octanol–water partition coefficient (Wildman–Crippen LogP) is 4.11. The van der Waals surface area contributed by atoms with Crippen molar-refractivity contribution in [2.24, 2.45) is 0 Å². The molecule has 3 aromatic rings. The number of rotatable bonds is 6. The summed E-state index contributed by atoms with van der Waals surface area (Å²) in [6.45, 7) is 2.29. The predicted molar refractivity (Wildman–Crippen MR) is 115 cm³/mol. The quantitative estimate of drug-likeness (QED) is 0.435. The van der Waals surface area contributed by atoms with Crippen molar-refractivity contribution in [1.29, 1.82) is 5.26 Å². The van der Waals surface area contributed by atoms with Gasteiger partial charge >= 0.3 is 5.97 Å². The molecule has 0 N–H and O–H groups in total. The minimum absolute atomic E-state index is 0.0785. The number of esters is 1. The number of nitriles is 1. The topological polar surface area (TPSA) is 96.7 Å². The second kappa shape index (κ2) is 8.74. The van der Waals surface area contributed by atoms with Crippen LogP contribution in [0.25, 0.3) is 0 Å². The van der Waals surface area contributed by atoms with Crippen molar-refractivity contribution in [3.05, 3.63) is 94.5 Å². The molecule has 0 saturated carbocycles. The number of anilines is 1. The Morgan fingerprint density at radius 1 is 0.969 bits per heavy atom. The number of hydrogen-bond acceptors (Lipinski definition) is 6. The number of benzene rings is 3. The van der Waals surface area contributed by atoms with Gasteiger partial charge in [-0.1, -0.05) is 18.2 Å².